The average molecular weight is 264 g/mol. The Morgan fingerprint density at radius 3 is 2.65 bits per heavy atom. The number of hydrogen-bond donors (Lipinski definition) is 0. The molecule has 1 radical (unpaired) electrons. The molecule has 0 saturated carbocycles. The quantitative estimate of drug-likeness (QED) is 0.742. The van der Waals surface area contributed by atoms with Gasteiger partial charge in [0.2, 0.25) is 0 Å². The molecule has 1 atom stereocenters. The zero-order valence-corrected chi connectivity index (χ0v) is 12.2. The first kappa shape index (κ1) is 14.4. The van der Waals surface area contributed by atoms with E-state index in [0.717, 1.165) is 6.54 Å². The van der Waals surface area contributed by atoms with E-state index in [2.05, 4.69) is 43.8 Å². The standard InChI is InChI=1S/C15H19N.V/c1-5-8-16(4)15-7-6-13-9-11(2)12(3)10-14(13)15;/h1,9-10,15H,6-8H2,2-4H3;/t15-;/m1./s1. The number of rotatable bonds is 2. The van der Waals surface area contributed by atoms with Gasteiger partial charge in [-0.25, -0.2) is 0 Å². The van der Waals surface area contributed by atoms with Crippen molar-refractivity contribution in [2.75, 3.05) is 13.6 Å². The molecule has 0 unspecified atom stereocenters. The SMILES string of the molecule is C#CCN(C)[C@@H]1CCc2cc(C)c(C)cc21.[V]. The maximum Gasteiger partial charge on any atom is 0.0601 e. The van der Waals surface area contributed by atoms with E-state index in [1.807, 2.05) is 0 Å². The Bertz CT molecular complexity index is 445. The predicted octanol–water partition coefficient (Wildman–Crippen LogP) is 2.85. The van der Waals surface area contributed by atoms with E-state index in [1.54, 1.807) is 0 Å². The van der Waals surface area contributed by atoms with Crippen molar-refractivity contribution >= 4 is 0 Å². The smallest absolute Gasteiger partial charge is 0.0601 e. The van der Waals surface area contributed by atoms with E-state index in [1.165, 1.54) is 35.1 Å². The summed E-state index contributed by atoms with van der Waals surface area (Å²) in [7, 11) is 2.12. The van der Waals surface area contributed by atoms with Gasteiger partial charge in [-0.15, -0.1) is 6.42 Å². The summed E-state index contributed by atoms with van der Waals surface area (Å²) in [6.07, 6.45) is 7.77. The molecule has 0 aromatic heterocycles. The van der Waals surface area contributed by atoms with Crippen LogP contribution in [-0.4, -0.2) is 18.5 Å². The van der Waals surface area contributed by atoms with Crippen molar-refractivity contribution in [1.29, 1.82) is 0 Å². The molecule has 0 heterocycles. The second-order valence-electron chi connectivity index (χ2n) is 4.81. The number of fused-ring (bicyclic) bond motifs is 1. The fourth-order valence-electron chi connectivity index (χ4n) is 2.58. The normalized spacial score (nSPS) is 17.5. The van der Waals surface area contributed by atoms with E-state index in [9.17, 15) is 0 Å². The van der Waals surface area contributed by atoms with Crippen LogP contribution in [0.5, 0.6) is 0 Å². The number of nitrogens with zero attached hydrogens (tertiary/aromatic N) is 1. The summed E-state index contributed by atoms with van der Waals surface area (Å²) in [5.41, 5.74) is 5.79. The van der Waals surface area contributed by atoms with Crippen LogP contribution in [0.1, 0.15) is 34.7 Å². The third kappa shape index (κ3) is 2.77. The van der Waals surface area contributed by atoms with Crippen LogP contribution in [0, 0.1) is 26.2 Å². The van der Waals surface area contributed by atoms with Crippen molar-refractivity contribution in [1.82, 2.24) is 4.90 Å². The Balaban J connectivity index is 0.00000144. The average Bonchev–Trinajstić information content (AvgIpc) is 2.62. The Hall–Kier alpha value is -0.676. The van der Waals surface area contributed by atoms with E-state index in [0.29, 0.717) is 6.04 Å². The molecule has 1 aliphatic carbocycles. The minimum absolute atomic E-state index is 0. The third-order valence-electron chi connectivity index (χ3n) is 3.67. The Labute approximate surface area is 116 Å². The van der Waals surface area contributed by atoms with Crippen molar-refractivity contribution in [2.24, 2.45) is 0 Å². The zero-order chi connectivity index (χ0) is 11.7. The van der Waals surface area contributed by atoms with Gasteiger partial charge in [0, 0.05) is 24.6 Å². The largest absolute Gasteiger partial charge is 0.288 e. The zero-order valence-electron chi connectivity index (χ0n) is 10.8. The monoisotopic (exact) mass is 264 g/mol. The molecule has 89 valence electrons. The minimum atomic E-state index is 0. The molecular weight excluding hydrogens is 245 g/mol. The molecule has 0 aliphatic heterocycles. The summed E-state index contributed by atoms with van der Waals surface area (Å²) in [6, 6.07) is 5.20. The summed E-state index contributed by atoms with van der Waals surface area (Å²) >= 11 is 0. The van der Waals surface area contributed by atoms with Crippen LogP contribution in [0.2, 0.25) is 0 Å². The minimum Gasteiger partial charge on any atom is -0.288 e. The maximum atomic E-state index is 5.38. The third-order valence-corrected chi connectivity index (χ3v) is 3.67. The fraction of sp³-hybridized carbons (Fsp3) is 0.467. The molecular formula is C15H19NV. The van der Waals surface area contributed by atoms with Crippen LogP contribution in [0.25, 0.3) is 0 Å². The first-order valence-electron chi connectivity index (χ1n) is 5.87. The van der Waals surface area contributed by atoms with Gasteiger partial charge in [0.1, 0.15) is 0 Å². The van der Waals surface area contributed by atoms with Gasteiger partial charge in [-0.2, -0.15) is 0 Å². The van der Waals surface area contributed by atoms with E-state index in [4.69, 9.17) is 6.42 Å². The fourth-order valence-corrected chi connectivity index (χ4v) is 2.58. The molecule has 0 bridgehead atoms. The molecule has 0 amide bonds. The van der Waals surface area contributed by atoms with Gasteiger partial charge in [0.15, 0.2) is 0 Å². The van der Waals surface area contributed by atoms with Crippen LogP contribution in [0.15, 0.2) is 12.1 Å². The molecule has 1 nitrogen and oxygen atoms in total. The number of terminal acetylenes is 1. The van der Waals surface area contributed by atoms with Crippen LogP contribution < -0.4 is 0 Å². The molecule has 0 spiro atoms. The predicted molar refractivity (Wildman–Crippen MR) is 68.4 cm³/mol. The summed E-state index contributed by atoms with van der Waals surface area (Å²) < 4.78 is 0. The number of hydrogen-bond acceptors (Lipinski definition) is 1. The van der Waals surface area contributed by atoms with Crippen LogP contribution in [0.4, 0.5) is 0 Å². The Kier molecular flexibility index (Phi) is 4.89. The van der Waals surface area contributed by atoms with Crippen molar-refractivity contribution < 1.29 is 18.6 Å². The Morgan fingerprint density at radius 1 is 1.35 bits per heavy atom. The Morgan fingerprint density at radius 2 is 2.00 bits per heavy atom. The van der Waals surface area contributed by atoms with Gasteiger partial charge in [0.25, 0.3) is 0 Å². The topological polar surface area (TPSA) is 3.24 Å². The molecule has 0 fully saturated rings. The molecule has 0 N–H and O–H groups in total. The van der Waals surface area contributed by atoms with Gasteiger partial charge in [-0.05, 0) is 56.0 Å². The van der Waals surface area contributed by atoms with Crippen LogP contribution >= 0.6 is 0 Å². The van der Waals surface area contributed by atoms with E-state index < -0.39 is 0 Å². The number of aryl methyl sites for hydroxylation is 3. The van der Waals surface area contributed by atoms with Crippen molar-refractivity contribution in [3.05, 3.63) is 34.4 Å². The van der Waals surface area contributed by atoms with E-state index in [-0.39, 0.29) is 18.6 Å². The van der Waals surface area contributed by atoms with Crippen molar-refractivity contribution in [2.45, 2.75) is 32.7 Å². The van der Waals surface area contributed by atoms with E-state index >= 15 is 0 Å². The van der Waals surface area contributed by atoms with Gasteiger partial charge in [-0.1, -0.05) is 18.1 Å². The van der Waals surface area contributed by atoms with Gasteiger partial charge >= 0.3 is 0 Å². The molecule has 17 heavy (non-hydrogen) atoms. The van der Waals surface area contributed by atoms with Gasteiger partial charge < -0.3 is 0 Å². The second-order valence-corrected chi connectivity index (χ2v) is 4.81. The maximum absolute atomic E-state index is 5.38. The molecule has 1 aromatic carbocycles. The molecule has 1 aliphatic rings. The summed E-state index contributed by atoms with van der Waals surface area (Å²) in [4.78, 5) is 2.28. The molecule has 2 rings (SSSR count). The van der Waals surface area contributed by atoms with Crippen molar-refractivity contribution in [3.63, 3.8) is 0 Å². The van der Waals surface area contributed by atoms with Gasteiger partial charge in [0.05, 0.1) is 6.54 Å². The van der Waals surface area contributed by atoms with Crippen molar-refractivity contribution in [3.8, 4) is 12.3 Å². The summed E-state index contributed by atoms with van der Waals surface area (Å²) in [5, 5.41) is 0. The summed E-state index contributed by atoms with van der Waals surface area (Å²) in [5.74, 6) is 2.73. The number of benzene rings is 1. The second kappa shape index (κ2) is 5.78. The first-order valence-corrected chi connectivity index (χ1v) is 5.87. The molecule has 0 saturated heterocycles. The van der Waals surface area contributed by atoms with Gasteiger partial charge in [-0.3, -0.25) is 4.90 Å². The summed E-state index contributed by atoms with van der Waals surface area (Å²) in [6.45, 7) is 5.11. The first-order chi connectivity index (χ1) is 7.63. The molecule has 1 aromatic rings. The molecule has 2 heteroatoms. The van der Waals surface area contributed by atoms with Crippen LogP contribution in [0.3, 0.4) is 0 Å². The van der Waals surface area contributed by atoms with Crippen LogP contribution in [-0.2, 0) is 25.0 Å².